The lowest BCUT2D eigenvalue weighted by atomic mass is 9.88. The van der Waals surface area contributed by atoms with E-state index in [-0.39, 0.29) is 23.8 Å². The van der Waals surface area contributed by atoms with Gasteiger partial charge in [0.1, 0.15) is 0 Å². The van der Waals surface area contributed by atoms with Crippen LogP contribution in [0.1, 0.15) is 34.1 Å². The predicted molar refractivity (Wildman–Crippen MR) is 74.0 cm³/mol. The van der Waals surface area contributed by atoms with Gasteiger partial charge in [-0.3, -0.25) is 19.8 Å². The number of carbonyl (C=O) groups is 2. The molecule has 1 saturated heterocycles. The molecule has 0 saturated carbocycles. The van der Waals surface area contributed by atoms with Crippen molar-refractivity contribution in [1.29, 1.82) is 0 Å². The van der Waals surface area contributed by atoms with Crippen LogP contribution in [-0.2, 0) is 9.59 Å². The molecule has 3 N–H and O–H groups in total. The minimum Gasteiger partial charge on any atom is -0.393 e. The third-order valence-corrected chi connectivity index (χ3v) is 4.16. The third-order valence-electron chi connectivity index (χ3n) is 3.61. The first-order valence-electron chi connectivity index (χ1n) is 5.96. The molecule has 18 heavy (non-hydrogen) atoms. The zero-order valence-electron chi connectivity index (χ0n) is 11.4. The Morgan fingerprint density at radius 3 is 2.56 bits per heavy atom. The van der Waals surface area contributed by atoms with Crippen molar-refractivity contribution in [3.63, 3.8) is 0 Å². The van der Waals surface area contributed by atoms with Crippen molar-refractivity contribution in [2.45, 2.75) is 39.7 Å². The number of carbonyl (C=O) groups excluding carboxylic acids is 2. The number of hydrogen-bond donors (Lipinski definition) is 2. The number of rotatable bonds is 4. The van der Waals surface area contributed by atoms with Crippen LogP contribution < -0.4 is 11.1 Å². The number of nitrogens with one attached hydrogen (secondary N) is 1. The first kappa shape index (κ1) is 15.0. The van der Waals surface area contributed by atoms with E-state index in [0.29, 0.717) is 18.0 Å². The zero-order chi connectivity index (χ0) is 14.1. The first-order chi connectivity index (χ1) is 8.07. The van der Waals surface area contributed by atoms with Gasteiger partial charge in [0.2, 0.25) is 11.8 Å². The summed E-state index contributed by atoms with van der Waals surface area (Å²) < 4.78 is 0. The van der Waals surface area contributed by atoms with E-state index in [4.69, 9.17) is 18.0 Å². The summed E-state index contributed by atoms with van der Waals surface area (Å²) in [4.78, 5) is 25.5. The maximum Gasteiger partial charge on any atom is 0.246 e. The molecule has 5 nitrogen and oxygen atoms in total. The van der Waals surface area contributed by atoms with E-state index in [9.17, 15) is 9.59 Å². The molecule has 1 aliphatic heterocycles. The fourth-order valence-corrected chi connectivity index (χ4v) is 1.83. The lowest BCUT2D eigenvalue weighted by molar-refractivity contribution is -0.145. The van der Waals surface area contributed by atoms with Crippen LogP contribution in [0.5, 0.6) is 0 Å². The summed E-state index contributed by atoms with van der Waals surface area (Å²) in [6, 6.07) is 0. The van der Waals surface area contributed by atoms with Crippen molar-refractivity contribution in [2.75, 3.05) is 13.1 Å². The van der Waals surface area contributed by atoms with Crippen molar-refractivity contribution < 1.29 is 9.59 Å². The number of imide groups is 1. The molecule has 0 aromatic carbocycles. The predicted octanol–water partition coefficient (Wildman–Crippen LogP) is 0.426. The van der Waals surface area contributed by atoms with Crippen LogP contribution >= 0.6 is 12.2 Å². The molecule has 1 heterocycles. The summed E-state index contributed by atoms with van der Waals surface area (Å²) in [6.45, 7) is 8.38. The summed E-state index contributed by atoms with van der Waals surface area (Å²) >= 11 is 5.02. The van der Waals surface area contributed by atoms with Gasteiger partial charge in [-0.1, -0.05) is 26.1 Å². The monoisotopic (exact) mass is 271 g/mol. The van der Waals surface area contributed by atoms with Crippen molar-refractivity contribution in [3.05, 3.63) is 0 Å². The summed E-state index contributed by atoms with van der Waals surface area (Å²) in [5.74, 6) is -0.515. The molecule has 6 heteroatoms. The second kappa shape index (κ2) is 4.93. The summed E-state index contributed by atoms with van der Waals surface area (Å²) in [5.41, 5.74) is 4.72. The minimum absolute atomic E-state index is 0.228. The van der Waals surface area contributed by atoms with Crippen LogP contribution in [0, 0.1) is 5.41 Å². The van der Waals surface area contributed by atoms with E-state index < -0.39 is 5.54 Å². The Morgan fingerprint density at radius 1 is 1.50 bits per heavy atom. The first-order valence-corrected chi connectivity index (χ1v) is 6.37. The Morgan fingerprint density at radius 2 is 2.06 bits per heavy atom. The molecule has 1 aliphatic rings. The Kier molecular flexibility index (Phi) is 4.12. The van der Waals surface area contributed by atoms with Gasteiger partial charge in [-0.15, -0.1) is 0 Å². The minimum atomic E-state index is -0.680. The highest BCUT2D eigenvalue weighted by atomic mass is 32.1. The van der Waals surface area contributed by atoms with Gasteiger partial charge in [0, 0.05) is 12.0 Å². The largest absolute Gasteiger partial charge is 0.393 e. The lowest BCUT2D eigenvalue weighted by Crippen LogP contribution is -2.64. The van der Waals surface area contributed by atoms with Gasteiger partial charge in [0.25, 0.3) is 0 Å². The zero-order valence-corrected chi connectivity index (χ0v) is 12.2. The van der Waals surface area contributed by atoms with Gasteiger partial charge in [-0.25, -0.2) is 0 Å². The molecule has 0 unspecified atom stereocenters. The third kappa shape index (κ3) is 3.05. The van der Waals surface area contributed by atoms with Crippen molar-refractivity contribution in [3.8, 4) is 0 Å². The standard InChI is InChI=1S/C12H21N3O2S/c1-11(2,9(13)18)5-6-15-7-8(16)14-10(17)12(15,3)4/h5-7H2,1-4H3,(H2,13,18)(H,14,16,17). The Balaban J connectivity index is 2.74. The van der Waals surface area contributed by atoms with Crippen LogP contribution in [0.15, 0.2) is 0 Å². The molecule has 0 bridgehead atoms. The van der Waals surface area contributed by atoms with Crippen LogP contribution in [0.4, 0.5) is 0 Å². The molecule has 0 aliphatic carbocycles. The highest BCUT2D eigenvalue weighted by molar-refractivity contribution is 7.80. The quantitative estimate of drug-likeness (QED) is 0.573. The van der Waals surface area contributed by atoms with E-state index in [1.807, 2.05) is 32.6 Å². The fourth-order valence-electron chi connectivity index (χ4n) is 1.73. The van der Waals surface area contributed by atoms with Crippen LogP contribution in [0.25, 0.3) is 0 Å². The topological polar surface area (TPSA) is 75.4 Å². The molecular weight excluding hydrogens is 250 g/mol. The van der Waals surface area contributed by atoms with Crippen LogP contribution in [0.3, 0.4) is 0 Å². The van der Waals surface area contributed by atoms with Crippen molar-refractivity contribution >= 4 is 29.0 Å². The summed E-state index contributed by atoms with van der Waals surface area (Å²) in [6.07, 6.45) is 0.715. The molecule has 0 atom stereocenters. The van der Waals surface area contributed by atoms with Gasteiger partial charge >= 0.3 is 0 Å². The maximum atomic E-state index is 11.8. The molecule has 1 rings (SSSR count). The molecular formula is C12H21N3O2S. The van der Waals surface area contributed by atoms with Crippen molar-refractivity contribution in [2.24, 2.45) is 11.1 Å². The number of nitrogens with zero attached hydrogens (tertiary/aromatic N) is 1. The average molecular weight is 271 g/mol. The Labute approximate surface area is 113 Å². The SMILES string of the molecule is CC(C)(CCN1CC(=O)NC(=O)C1(C)C)C(N)=S. The van der Waals surface area contributed by atoms with E-state index in [0.717, 1.165) is 0 Å². The Hall–Kier alpha value is -1.01. The van der Waals surface area contributed by atoms with E-state index >= 15 is 0 Å². The van der Waals surface area contributed by atoms with Gasteiger partial charge in [-0.05, 0) is 20.3 Å². The van der Waals surface area contributed by atoms with E-state index in [2.05, 4.69) is 5.32 Å². The molecule has 0 aromatic rings. The van der Waals surface area contributed by atoms with Crippen LogP contribution in [0.2, 0.25) is 0 Å². The molecule has 1 fully saturated rings. The number of hydrogen-bond acceptors (Lipinski definition) is 4. The van der Waals surface area contributed by atoms with Gasteiger partial charge in [0.15, 0.2) is 0 Å². The van der Waals surface area contributed by atoms with E-state index in [1.165, 1.54) is 0 Å². The second-order valence-corrected chi connectivity index (χ2v) is 6.30. The average Bonchev–Trinajstić information content (AvgIpc) is 2.21. The normalized spacial score (nSPS) is 20.7. The Bertz CT molecular complexity index is 391. The van der Waals surface area contributed by atoms with E-state index in [1.54, 1.807) is 0 Å². The molecule has 0 aromatic heterocycles. The molecule has 2 amide bonds. The van der Waals surface area contributed by atoms with Crippen LogP contribution in [-0.4, -0.2) is 40.3 Å². The lowest BCUT2D eigenvalue weighted by Gasteiger charge is -2.41. The van der Waals surface area contributed by atoms with Gasteiger partial charge < -0.3 is 5.73 Å². The molecule has 102 valence electrons. The summed E-state index contributed by atoms with van der Waals surface area (Å²) in [5, 5.41) is 2.35. The number of nitrogens with two attached hydrogens (primary N) is 1. The van der Waals surface area contributed by atoms with Crippen molar-refractivity contribution in [1.82, 2.24) is 10.2 Å². The fraction of sp³-hybridized carbons (Fsp3) is 0.750. The highest BCUT2D eigenvalue weighted by Crippen LogP contribution is 2.25. The highest BCUT2D eigenvalue weighted by Gasteiger charge is 2.41. The smallest absolute Gasteiger partial charge is 0.246 e. The molecule has 0 radical (unpaired) electrons. The number of amides is 2. The summed E-state index contributed by atoms with van der Waals surface area (Å²) in [7, 11) is 0. The second-order valence-electron chi connectivity index (χ2n) is 5.86. The van der Waals surface area contributed by atoms with Gasteiger partial charge in [0.05, 0.1) is 17.1 Å². The number of piperazine rings is 1. The molecule has 0 spiro atoms. The maximum absolute atomic E-state index is 11.8. The number of thiocarbonyl (C=S) groups is 1. The van der Waals surface area contributed by atoms with Gasteiger partial charge in [-0.2, -0.15) is 0 Å².